The molecule has 2 N–H and O–H groups in total. The predicted octanol–water partition coefficient (Wildman–Crippen LogP) is 2.64. The van der Waals surface area contributed by atoms with E-state index < -0.39 is 0 Å². The van der Waals surface area contributed by atoms with Crippen LogP contribution in [0.15, 0.2) is 0 Å². The number of nitrogens with zero attached hydrogens (tertiary/aromatic N) is 1. The average molecular weight is 268 g/mol. The molecule has 5 atom stereocenters. The van der Waals surface area contributed by atoms with Gasteiger partial charge in [-0.1, -0.05) is 13.8 Å². The summed E-state index contributed by atoms with van der Waals surface area (Å²) in [6.07, 6.45) is 4.16. The van der Waals surface area contributed by atoms with Crippen LogP contribution in [-0.2, 0) is 4.74 Å². The standard InChI is InChI=1S/C16H32N2O/c1-11-6-12(2)15(5)18(9-11)16(10-17)7-13(3)19-14(4)8-16/h11-15H,6-10,17H2,1-5H3. The first-order valence-corrected chi connectivity index (χ1v) is 8.00. The first kappa shape index (κ1) is 15.3. The van der Waals surface area contributed by atoms with Crippen molar-refractivity contribution in [2.24, 2.45) is 17.6 Å². The third-order valence-electron chi connectivity index (χ3n) is 5.39. The molecule has 3 nitrogen and oxygen atoms in total. The van der Waals surface area contributed by atoms with E-state index >= 15 is 0 Å². The Balaban J connectivity index is 2.23. The van der Waals surface area contributed by atoms with E-state index in [0.29, 0.717) is 18.2 Å². The van der Waals surface area contributed by atoms with Crippen molar-refractivity contribution in [3.63, 3.8) is 0 Å². The number of hydrogen-bond acceptors (Lipinski definition) is 3. The second-order valence-corrected chi connectivity index (χ2v) is 7.31. The van der Waals surface area contributed by atoms with Gasteiger partial charge in [-0.25, -0.2) is 0 Å². The first-order chi connectivity index (χ1) is 8.88. The third kappa shape index (κ3) is 2.98. The minimum absolute atomic E-state index is 0.152. The Bertz CT molecular complexity index is 297. The molecule has 0 aromatic carbocycles. The fourth-order valence-corrected chi connectivity index (χ4v) is 4.51. The molecule has 112 valence electrons. The lowest BCUT2D eigenvalue weighted by molar-refractivity contribution is -0.127. The minimum Gasteiger partial charge on any atom is -0.375 e. The highest BCUT2D eigenvalue weighted by Gasteiger charge is 2.46. The van der Waals surface area contributed by atoms with Gasteiger partial charge in [0.25, 0.3) is 0 Å². The summed E-state index contributed by atoms with van der Waals surface area (Å²) in [5, 5.41) is 0. The van der Waals surface area contributed by atoms with Crippen molar-refractivity contribution in [2.75, 3.05) is 13.1 Å². The van der Waals surface area contributed by atoms with Crippen LogP contribution in [0, 0.1) is 11.8 Å². The number of likely N-dealkylation sites (tertiary alicyclic amines) is 1. The van der Waals surface area contributed by atoms with E-state index in [9.17, 15) is 0 Å². The summed E-state index contributed by atoms with van der Waals surface area (Å²) >= 11 is 0. The molecule has 2 aliphatic rings. The van der Waals surface area contributed by atoms with Crippen LogP contribution in [0.1, 0.15) is 53.9 Å². The Labute approximate surface area is 118 Å². The summed E-state index contributed by atoms with van der Waals surface area (Å²) in [7, 11) is 0. The van der Waals surface area contributed by atoms with Crippen LogP contribution in [0.25, 0.3) is 0 Å². The number of nitrogens with two attached hydrogens (primary N) is 1. The highest BCUT2D eigenvalue weighted by Crippen LogP contribution is 2.39. The maximum absolute atomic E-state index is 6.25. The zero-order valence-electron chi connectivity index (χ0n) is 13.4. The van der Waals surface area contributed by atoms with Gasteiger partial charge in [0.1, 0.15) is 0 Å². The summed E-state index contributed by atoms with van der Waals surface area (Å²) in [5.74, 6) is 1.55. The molecule has 2 aliphatic heterocycles. The summed E-state index contributed by atoms with van der Waals surface area (Å²) in [6.45, 7) is 13.5. The molecule has 2 saturated heterocycles. The molecule has 0 spiro atoms. The Hall–Kier alpha value is -0.120. The smallest absolute Gasteiger partial charge is 0.0568 e. The maximum Gasteiger partial charge on any atom is 0.0568 e. The van der Waals surface area contributed by atoms with Crippen molar-refractivity contribution in [3.8, 4) is 0 Å². The topological polar surface area (TPSA) is 38.5 Å². The minimum atomic E-state index is 0.152. The highest BCUT2D eigenvalue weighted by atomic mass is 16.5. The molecule has 0 amide bonds. The van der Waals surface area contributed by atoms with Crippen LogP contribution in [0.5, 0.6) is 0 Å². The van der Waals surface area contributed by atoms with Gasteiger partial charge in [0.15, 0.2) is 0 Å². The molecule has 0 aliphatic carbocycles. The van der Waals surface area contributed by atoms with Crippen LogP contribution >= 0.6 is 0 Å². The van der Waals surface area contributed by atoms with Gasteiger partial charge < -0.3 is 10.5 Å². The molecular formula is C16H32N2O. The molecule has 0 aromatic rings. The van der Waals surface area contributed by atoms with Crippen molar-refractivity contribution in [2.45, 2.75) is 77.7 Å². The van der Waals surface area contributed by atoms with Gasteiger partial charge in [0.05, 0.1) is 12.2 Å². The fourth-order valence-electron chi connectivity index (χ4n) is 4.51. The third-order valence-corrected chi connectivity index (χ3v) is 5.39. The van der Waals surface area contributed by atoms with Crippen molar-refractivity contribution in [3.05, 3.63) is 0 Å². The van der Waals surface area contributed by atoms with Crippen molar-refractivity contribution < 1.29 is 4.74 Å². The van der Waals surface area contributed by atoms with Gasteiger partial charge >= 0.3 is 0 Å². The Kier molecular flexibility index (Phi) is 4.59. The highest BCUT2D eigenvalue weighted by molar-refractivity contribution is 5.01. The van der Waals surface area contributed by atoms with Gasteiger partial charge in [-0.15, -0.1) is 0 Å². The molecule has 5 unspecified atom stereocenters. The van der Waals surface area contributed by atoms with Gasteiger partial charge in [-0.3, -0.25) is 4.90 Å². The molecule has 19 heavy (non-hydrogen) atoms. The summed E-state index contributed by atoms with van der Waals surface area (Å²) in [4.78, 5) is 2.72. The lowest BCUT2D eigenvalue weighted by Gasteiger charge is -2.55. The number of rotatable bonds is 2. The average Bonchev–Trinajstić information content (AvgIpc) is 2.32. The lowest BCUT2D eigenvalue weighted by atomic mass is 9.76. The Morgan fingerprint density at radius 1 is 1.11 bits per heavy atom. The predicted molar refractivity (Wildman–Crippen MR) is 80.1 cm³/mol. The van der Waals surface area contributed by atoms with Crippen molar-refractivity contribution >= 4 is 0 Å². The number of ether oxygens (including phenoxy) is 1. The van der Waals surface area contributed by atoms with Crippen LogP contribution in [0.4, 0.5) is 0 Å². The zero-order valence-corrected chi connectivity index (χ0v) is 13.4. The molecule has 0 aromatic heterocycles. The largest absolute Gasteiger partial charge is 0.375 e. The number of piperidine rings is 1. The van der Waals surface area contributed by atoms with Crippen LogP contribution in [-0.4, -0.2) is 41.8 Å². The zero-order chi connectivity index (χ0) is 14.2. The molecule has 0 saturated carbocycles. The molecular weight excluding hydrogens is 236 g/mol. The van der Waals surface area contributed by atoms with Crippen LogP contribution in [0.2, 0.25) is 0 Å². The van der Waals surface area contributed by atoms with Crippen LogP contribution < -0.4 is 5.73 Å². The van der Waals surface area contributed by atoms with Crippen LogP contribution in [0.3, 0.4) is 0 Å². The van der Waals surface area contributed by atoms with Gasteiger partial charge in [-0.05, 0) is 51.9 Å². The Morgan fingerprint density at radius 3 is 2.21 bits per heavy atom. The first-order valence-electron chi connectivity index (χ1n) is 8.00. The van der Waals surface area contributed by atoms with Gasteiger partial charge in [0, 0.05) is 24.7 Å². The van der Waals surface area contributed by atoms with E-state index in [4.69, 9.17) is 10.5 Å². The Morgan fingerprint density at radius 2 is 1.68 bits per heavy atom. The SMILES string of the molecule is CC1CC(C)C(C)N(C2(CN)CC(C)OC(C)C2)C1. The van der Waals surface area contributed by atoms with Crippen molar-refractivity contribution in [1.82, 2.24) is 4.90 Å². The summed E-state index contributed by atoms with van der Waals surface area (Å²) < 4.78 is 5.94. The van der Waals surface area contributed by atoms with E-state index in [1.165, 1.54) is 13.0 Å². The normalized spacial score (nSPS) is 49.3. The molecule has 0 radical (unpaired) electrons. The van der Waals surface area contributed by atoms with E-state index in [1.54, 1.807) is 0 Å². The summed E-state index contributed by atoms with van der Waals surface area (Å²) in [6, 6.07) is 0.636. The molecule has 2 rings (SSSR count). The van der Waals surface area contributed by atoms with E-state index in [1.807, 2.05) is 0 Å². The fraction of sp³-hybridized carbons (Fsp3) is 1.00. The van der Waals surface area contributed by atoms with Crippen molar-refractivity contribution in [1.29, 1.82) is 0 Å². The lowest BCUT2D eigenvalue weighted by Crippen LogP contribution is -2.65. The monoisotopic (exact) mass is 268 g/mol. The number of hydrogen-bond donors (Lipinski definition) is 1. The molecule has 3 heteroatoms. The molecule has 2 fully saturated rings. The van der Waals surface area contributed by atoms with E-state index in [-0.39, 0.29) is 5.54 Å². The van der Waals surface area contributed by atoms with E-state index in [0.717, 1.165) is 31.2 Å². The second kappa shape index (κ2) is 5.71. The quantitative estimate of drug-likeness (QED) is 0.837. The van der Waals surface area contributed by atoms with Gasteiger partial charge in [0.2, 0.25) is 0 Å². The van der Waals surface area contributed by atoms with Gasteiger partial charge in [-0.2, -0.15) is 0 Å². The molecule has 0 bridgehead atoms. The van der Waals surface area contributed by atoms with E-state index in [2.05, 4.69) is 39.5 Å². The summed E-state index contributed by atoms with van der Waals surface area (Å²) in [5.41, 5.74) is 6.40. The maximum atomic E-state index is 6.25. The second-order valence-electron chi connectivity index (χ2n) is 7.31. The molecule has 2 heterocycles.